The first-order valence-electron chi connectivity index (χ1n) is 8.89. The molecule has 0 aliphatic carbocycles. The number of imidazole rings is 2. The Morgan fingerprint density at radius 2 is 1.89 bits per heavy atom. The molecule has 0 radical (unpaired) electrons. The number of thiazole rings is 1. The second-order valence-corrected chi connectivity index (χ2v) is 7.03. The molecule has 0 amide bonds. The summed E-state index contributed by atoms with van der Waals surface area (Å²) in [5.74, 6) is 1.31. The number of aryl methyl sites for hydroxylation is 1. The zero-order valence-electron chi connectivity index (χ0n) is 15.1. The van der Waals surface area contributed by atoms with Crippen molar-refractivity contribution in [1.29, 1.82) is 0 Å². The molecule has 0 bridgehead atoms. The van der Waals surface area contributed by atoms with Gasteiger partial charge < -0.3 is 4.57 Å². The van der Waals surface area contributed by atoms with E-state index in [1.54, 1.807) is 42.2 Å². The molecule has 5 aromatic heterocycles. The number of rotatable bonds is 5. The van der Waals surface area contributed by atoms with Crippen molar-refractivity contribution in [1.82, 2.24) is 39.1 Å². The fourth-order valence-corrected chi connectivity index (χ4v) is 3.79. The van der Waals surface area contributed by atoms with Crippen molar-refractivity contribution in [3.05, 3.63) is 66.0 Å². The molecular weight excluding hydrogens is 372 g/mol. The van der Waals surface area contributed by atoms with Crippen LogP contribution in [0.25, 0.3) is 28.0 Å². The maximum absolute atomic E-state index is 4.81. The zero-order chi connectivity index (χ0) is 18.9. The molecule has 0 saturated carbocycles. The third-order valence-electron chi connectivity index (χ3n) is 4.44. The Hall–Kier alpha value is -3.46. The van der Waals surface area contributed by atoms with Crippen molar-refractivity contribution >= 4 is 17.0 Å². The standard InChI is InChI=1S/C19H16N8S/c1-2-15-14(12-26-10-8-22-18(26)17-20-6-3-7-21-17)24-16-5-4-13(25-27(15)16)19-23-9-11-28-19/h3-11H,2,12H2,1H3. The Balaban J connectivity index is 1.56. The van der Waals surface area contributed by atoms with Crippen LogP contribution in [0.5, 0.6) is 0 Å². The summed E-state index contributed by atoms with van der Waals surface area (Å²) in [6, 6.07) is 5.74. The molecule has 5 aromatic rings. The van der Waals surface area contributed by atoms with Crippen molar-refractivity contribution < 1.29 is 0 Å². The van der Waals surface area contributed by atoms with Crippen LogP contribution < -0.4 is 0 Å². The molecule has 0 aliphatic heterocycles. The second kappa shape index (κ2) is 6.93. The molecule has 5 heterocycles. The number of hydrogen-bond acceptors (Lipinski definition) is 7. The van der Waals surface area contributed by atoms with Crippen LogP contribution in [0.2, 0.25) is 0 Å². The SMILES string of the molecule is CCc1c(Cn2ccnc2-c2ncccn2)nc2ccc(-c3nccs3)nn12. The minimum atomic E-state index is 0.576. The van der Waals surface area contributed by atoms with E-state index in [9.17, 15) is 0 Å². The lowest BCUT2D eigenvalue weighted by Crippen LogP contribution is -2.06. The fraction of sp³-hybridized carbons (Fsp3) is 0.158. The molecule has 0 fully saturated rings. The predicted octanol–water partition coefficient (Wildman–Crippen LogP) is 3.12. The maximum Gasteiger partial charge on any atom is 0.195 e. The van der Waals surface area contributed by atoms with Crippen molar-refractivity contribution in [3.8, 4) is 22.4 Å². The molecule has 28 heavy (non-hydrogen) atoms. The average Bonchev–Trinajstić information content (AvgIpc) is 3.48. The lowest BCUT2D eigenvalue weighted by molar-refractivity contribution is 0.758. The van der Waals surface area contributed by atoms with Gasteiger partial charge in [0.15, 0.2) is 17.3 Å². The number of fused-ring (bicyclic) bond motifs is 1. The van der Waals surface area contributed by atoms with E-state index in [4.69, 9.17) is 10.1 Å². The monoisotopic (exact) mass is 388 g/mol. The average molecular weight is 388 g/mol. The van der Waals surface area contributed by atoms with Gasteiger partial charge in [-0.2, -0.15) is 5.10 Å². The van der Waals surface area contributed by atoms with Gasteiger partial charge in [-0.3, -0.25) is 0 Å². The summed E-state index contributed by atoms with van der Waals surface area (Å²) in [5.41, 5.74) is 3.70. The van der Waals surface area contributed by atoms with Gasteiger partial charge in [0, 0.05) is 36.4 Å². The van der Waals surface area contributed by atoms with Crippen LogP contribution in [0.3, 0.4) is 0 Å². The molecule has 8 nitrogen and oxygen atoms in total. The maximum atomic E-state index is 4.81. The Morgan fingerprint density at radius 3 is 2.68 bits per heavy atom. The van der Waals surface area contributed by atoms with Gasteiger partial charge >= 0.3 is 0 Å². The number of aromatic nitrogens is 8. The zero-order valence-corrected chi connectivity index (χ0v) is 15.9. The first-order chi connectivity index (χ1) is 13.8. The van der Waals surface area contributed by atoms with Gasteiger partial charge in [0.1, 0.15) is 10.7 Å². The lowest BCUT2D eigenvalue weighted by Gasteiger charge is -2.06. The van der Waals surface area contributed by atoms with Gasteiger partial charge in [-0.1, -0.05) is 6.92 Å². The largest absolute Gasteiger partial charge is 0.322 e. The van der Waals surface area contributed by atoms with Gasteiger partial charge in [0.2, 0.25) is 0 Å². The highest BCUT2D eigenvalue weighted by Gasteiger charge is 2.16. The molecule has 0 N–H and O–H groups in total. The Bertz CT molecular complexity index is 1220. The molecule has 0 aromatic carbocycles. The molecule has 0 atom stereocenters. The highest BCUT2D eigenvalue weighted by molar-refractivity contribution is 7.13. The predicted molar refractivity (Wildman–Crippen MR) is 106 cm³/mol. The third kappa shape index (κ3) is 2.85. The topological polar surface area (TPSA) is 86.7 Å². The first-order valence-corrected chi connectivity index (χ1v) is 9.77. The Morgan fingerprint density at radius 1 is 1.00 bits per heavy atom. The molecule has 5 rings (SSSR count). The van der Waals surface area contributed by atoms with Gasteiger partial charge in [0.25, 0.3) is 0 Å². The minimum Gasteiger partial charge on any atom is -0.322 e. The quantitative estimate of drug-likeness (QED) is 0.460. The van der Waals surface area contributed by atoms with Crippen LogP contribution in [-0.2, 0) is 13.0 Å². The highest BCUT2D eigenvalue weighted by atomic mass is 32.1. The fourth-order valence-electron chi connectivity index (χ4n) is 3.19. The van der Waals surface area contributed by atoms with Crippen molar-refractivity contribution in [3.63, 3.8) is 0 Å². The molecule has 0 aliphatic rings. The van der Waals surface area contributed by atoms with Crippen LogP contribution in [-0.4, -0.2) is 39.1 Å². The van der Waals surface area contributed by atoms with E-state index in [0.29, 0.717) is 12.4 Å². The van der Waals surface area contributed by atoms with Gasteiger partial charge in [-0.15, -0.1) is 11.3 Å². The van der Waals surface area contributed by atoms with Crippen LogP contribution >= 0.6 is 11.3 Å². The first kappa shape index (κ1) is 16.7. The van der Waals surface area contributed by atoms with Crippen molar-refractivity contribution in [2.75, 3.05) is 0 Å². The molecule has 0 spiro atoms. The number of nitrogens with zero attached hydrogens (tertiary/aromatic N) is 8. The number of hydrogen-bond donors (Lipinski definition) is 0. The summed E-state index contributed by atoms with van der Waals surface area (Å²) in [6.45, 7) is 2.69. The normalized spacial score (nSPS) is 11.3. The smallest absolute Gasteiger partial charge is 0.195 e. The molecule has 138 valence electrons. The van der Waals surface area contributed by atoms with E-state index in [1.165, 1.54) is 0 Å². The second-order valence-electron chi connectivity index (χ2n) is 6.14. The van der Waals surface area contributed by atoms with Crippen LogP contribution in [0.4, 0.5) is 0 Å². The van der Waals surface area contributed by atoms with Gasteiger partial charge in [-0.05, 0) is 24.6 Å². The van der Waals surface area contributed by atoms with E-state index in [-0.39, 0.29) is 0 Å². The van der Waals surface area contributed by atoms with Gasteiger partial charge in [0.05, 0.1) is 17.9 Å². The van der Waals surface area contributed by atoms with E-state index in [0.717, 1.165) is 40.0 Å². The summed E-state index contributed by atoms with van der Waals surface area (Å²) in [4.78, 5) is 22.2. The Kier molecular flexibility index (Phi) is 4.13. The molecular formula is C19H16N8S. The third-order valence-corrected chi connectivity index (χ3v) is 5.24. The van der Waals surface area contributed by atoms with Crippen LogP contribution in [0.15, 0.2) is 54.6 Å². The van der Waals surface area contributed by atoms with Crippen LogP contribution in [0.1, 0.15) is 18.3 Å². The molecule has 0 unspecified atom stereocenters. The lowest BCUT2D eigenvalue weighted by atomic mass is 10.2. The van der Waals surface area contributed by atoms with E-state index < -0.39 is 0 Å². The summed E-state index contributed by atoms with van der Waals surface area (Å²) < 4.78 is 3.93. The summed E-state index contributed by atoms with van der Waals surface area (Å²) >= 11 is 1.57. The van der Waals surface area contributed by atoms with E-state index in [1.807, 2.05) is 32.8 Å². The molecule has 9 heteroatoms. The van der Waals surface area contributed by atoms with E-state index >= 15 is 0 Å². The summed E-state index contributed by atoms with van der Waals surface area (Å²) in [7, 11) is 0. The summed E-state index contributed by atoms with van der Waals surface area (Å²) in [5, 5.41) is 7.62. The minimum absolute atomic E-state index is 0.576. The summed E-state index contributed by atoms with van der Waals surface area (Å²) in [6.07, 6.45) is 9.71. The Labute approximate surface area is 164 Å². The highest BCUT2D eigenvalue weighted by Crippen LogP contribution is 2.22. The van der Waals surface area contributed by atoms with E-state index in [2.05, 4.69) is 26.9 Å². The van der Waals surface area contributed by atoms with Gasteiger partial charge in [-0.25, -0.2) is 29.4 Å². The molecule has 0 saturated heterocycles. The van der Waals surface area contributed by atoms with Crippen molar-refractivity contribution in [2.45, 2.75) is 19.9 Å². The van der Waals surface area contributed by atoms with Crippen molar-refractivity contribution in [2.24, 2.45) is 0 Å². The van der Waals surface area contributed by atoms with Crippen LogP contribution in [0, 0.1) is 0 Å².